The number of aromatic nitrogens is 4. The van der Waals surface area contributed by atoms with E-state index >= 15 is 0 Å². The zero-order valence-electron chi connectivity index (χ0n) is 17.1. The summed E-state index contributed by atoms with van der Waals surface area (Å²) in [6, 6.07) is 3.29. The summed E-state index contributed by atoms with van der Waals surface area (Å²) in [5.74, 6) is -1.84. The number of hydrazone groups is 1. The van der Waals surface area contributed by atoms with Gasteiger partial charge in [0.2, 0.25) is 5.95 Å². The largest absolute Gasteiger partial charge is 0.463 e. The number of ketones is 1. The number of halogens is 6. The van der Waals surface area contributed by atoms with Crippen molar-refractivity contribution in [2.24, 2.45) is 5.10 Å². The molecule has 0 aliphatic rings. The van der Waals surface area contributed by atoms with Crippen molar-refractivity contribution >= 4 is 17.4 Å². The summed E-state index contributed by atoms with van der Waals surface area (Å²) in [7, 11) is 0. The third-order valence-corrected chi connectivity index (χ3v) is 4.31. The number of carbonyl (C=O) groups is 1. The normalized spacial score (nSPS) is 12.8. The van der Waals surface area contributed by atoms with Gasteiger partial charge < -0.3 is 4.42 Å². The van der Waals surface area contributed by atoms with Crippen molar-refractivity contribution in [3.05, 3.63) is 47.6 Å². The van der Waals surface area contributed by atoms with Crippen LogP contribution in [-0.2, 0) is 12.7 Å². The van der Waals surface area contributed by atoms with Crippen molar-refractivity contribution in [2.45, 2.75) is 39.2 Å². The maximum atomic E-state index is 13.5. The van der Waals surface area contributed by atoms with Crippen LogP contribution in [0.15, 0.2) is 40.2 Å². The zero-order valence-corrected chi connectivity index (χ0v) is 17.1. The Morgan fingerprint density at radius 3 is 2.48 bits per heavy atom. The SMILES string of the molecule is CCn1cc(C(=O)C/C(=N/Nc2nc(-c3ccco3)cc(C(F)(F)F)n2)C(F)(F)F)c(C)n1. The van der Waals surface area contributed by atoms with Gasteiger partial charge in [-0.3, -0.25) is 9.48 Å². The number of alkyl halides is 6. The van der Waals surface area contributed by atoms with Crippen LogP contribution in [-0.4, -0.2) is 37.4 Å². The molecule has 0 aliphatic carbocycles. The standard InChI is InChI=1S/C19H16F6N6O2/c1-3-31-9-11(10(2)30-31)13(32)8-16(19(23,24)25)28-29-17-26-12(14-5-4-6-33-14)7-15(27-17)18(20,21)22/h4-7,9H,3,8H2,1-2H3,(H,26,27,29)/b28-16-. The third kappa shape index (κ3) is 5.75. The second-order valence-electron chi connectivity index (χ2n) is 6.69. The van der Waals surface area contributed by atoms with Crippen LogP contribution in [0.3, 0.4) is 0 Å². The summed E-state index contributed by atoms with van der Waals surface area (Å²) in [6.45, 7) is 3.61. The molecule has 176 valence electrons. The van der Waals surface area contributed by atoms with Crippen molar-refractivity contribution in [3.8, 4) is 11.5 Å². The van der Waals surface area contributed by atoms with Crippen molar-refractivity contribution in [1.29, 1.82) is 0 Å². The summed E-state index contributed by atoms with van der Waals surface area (Å²) in [6.07, 6.45) is -8.64. The van der Waals surface area contributed by atoms with Crippen molar-refractivity contribution in [3.63, 3.8) is 0 Å². The van der Waals surface area contributed by atoms with E-state index in [9.17, 15) is 31.1 Å². The van der Waals surface area contributed by atoms with Gasteiger partial charge in [0.1, 0.15) is 11.4 Å². The molecule has 0 fully saturated rings. The predicted molar refractivity (Wildman–Crippen MR) is 103 cm³/mol. The van der Waals surface area contributed by atoms with Crippen LogP contribution in [0.25, 0.3) is 11.5 Å². The van der Waals surface area contributed by atoms with Crippen LogP contribution >= 0.6 is 0 Å². The molecule has 0 aromatic carbocycles. The molecule has 14 heteroatoms. The van der Waals surface area contributed by atoms with E-state index in [-0.39, 0.29) is 22.7 Å². The van der Waals surface area contributed by atoms with Crippen LogP contribution < -0.4 is 5.43 Å². The lowest BCUT2D eigenvalue weighted by molar-refractivity contribution is -0.141. The number of nitrogens with one attached hydrogen (secondary N) is 1. The molecular formula is C19H16F6N6O2. The minimum absolute atomic E-state index is 0.0239. The van der Waals surface area contributed by atoms with Gasteiger partial charge in [-0.05, 0) is 32.0 Å². The Labute approximate surface area is 182 Å². The maximum Gasteiger partial charge on any atom is 0.433 e. The molecule has 0 aliphatic heterocycles. The van der Waals surface area contributed by atoms with Gasteiger partial charge in [0, 0.05) is 12.7 Å². The third-order valence-electron chi connectivity index (χ3n) is 4.31. The number of Topliss-reactive ketones (excluding diaryl/α,β-unsaturated/α-hetero) is 1. The molecule has 0 saturated heterocycles. The second-order valence-corrected chi connectivity index (χ2v) is 6.69. The second kappa shape index (κ2) is 9.03. The summed E-state index contributed by atoms with van der Waals surface area (Å²) in [5.41, 5.74) is -1.32. The van der Waals surface area contributed by atoms with Gasteiger partial charge in [-0.15, -0.1) is 0 Å². The van der Waals surface area contributed by atoms with Crippen LogP contribution in [0, 0.1) is 6.92 Å². The molecule has 3 aromatic heterocycles. The van der Waals surface area contributed by atoms with Crippen molar-refractivity contribution in [2.75, 3.05) is 5.43 Å². The minimum atomic E-state index is -5.05. The van der Waals surface area contributed by atoms with Crippen LogP contribution in [0.4, 0.5) is 32.3 Å². The van der Waals surface area contributed by atoms with Gasteiger partial charge in [0.15, 0.2) is 17.2 Å². The number of hydrogen-bond donors (Lipinski definition) is 1. The molecule has 3 rings (SSSR count). The molecule has 33 heavy (non-hydrogen) atoms. The Morgan fingerprint density at radius 1 is 1.21 bits per heavy atom. The number of carbonyl (C=O) groups excluding carboxylic acids is 1. The maximum absolute atomic E-state index is 13.5. The number of hydrogen-bond acceptors (Lipinski definition) is 7. The first-order valence-corrected chi connectivity index (χ1v) is 9.35. The number of anilines is 1. The lowest BCUT2D eigenvalue weighted by Crippen LogP contribution is -2.27. The van der Waals surface area contributed by atoms with Gasteiger partial charge in [0.25, 0.3) is 0 Å². The van der Waals surface area contributed by atoms with E-state index in [1.54, 1.807) is 12.3 Å². The van der Waals surface area contributed by atoms with E-state index in [4.69, 9.17) is 4.42 Å². The lowest BCUT2D eigenvalue weighted by atomic mass is 10.1. The van der Waals surface area contributed by atoms with E-state index in [2.05, 4.69) is 20.2 Å². The fourth-order valence-electron chi connectivity index (χ4n) is 2.71. The molecule has 0 spiro atoms. The van der Waals surface area contributed by atoms with E-state index in [1.807, 2.05) is 0 Å². The van der Waals surface area contributed by atoms with Crippen LogP contribution in [0.2, 0.25) is 0 Å². The highest BCUT2D eigenvalue weighted by atomic mass is 19.4. The van der Waals surface area contributed by atoms with Gasteiger partial charge in [-0.2, -0.15) is 36.5 Å². The number of furan rings is 1. The minimum Gasteiger partial charge on any atom is -0.463 e. The highest BCUT2D eigenvalue weighted by Gasteiger charge is 2.38. The number of aryl methyl sites for hydroxylation is 2. The summed E-state index contributed by atoms with van der Waals surface area (Å²) >= 11 is 0. The van der Waals surface area contributed by atoms with E-state index in [1.165, 1.54) is 36.2 Å². The lowest BCUT2D eigenvalue weighted by Gasteiger charge is -2.12. The van der Waals surface area contributed by atoms with Gasteiger partial charge >= 0.3 is 12.4 Å². The molecule has 8 nitrogen and oxygen atoms in total. The highest BCUT2D eigenvalue weighted by molar-refractivity contribution is 6.11. The molecule has 3 aromatic rings. The fraction of sp³-hybridized carbons (Fsp3) is 0.316. The molecule has 0 saturated carbocycles. The molecule has 0 unspecified atom stereocenters. The Bertz CT molecular complexity index is 1160. The number of nitrogens with zero attached hydrogens (tertiary/aromatic N) is 5. The summed E-state index contributed by atoms with van der Waals surface area (Å²) < 4.78 is 86.3. The molecule has 0 radical (unpaired) electrons. The smallest absolute Gasteiger partial charge is 0.433 e. The van der Waals surface area contributed by atoms with Crippen molar-refractivity contribution in [1.82, 2.24) is 19.7 Å². The van der Waals surface area contributed by atoms with Crippen LogP contribution in [0.5, 0.6) is 0 Å². The highest BCUT2D eigenvalue weighted by Crippen LogP contribution is 2.31. The Kier molecular flexibility index (Phi) is 6.56. The summed E-state index contributed by atoms with van der Waals surface area (Å²) in [5, 5.41) is 7.11. The van der Waals surface area contributed by atoms with E-state index in [0.29, 0.717) is 12.6 Å². The molecule has 1 N–H and O–H groups in total. The number of rotatable bonds is 7. The summed E-state index contributed by atoms with van der Waals surface area (Å²) in [4.78, 5) is 19.3. The molecule has 0 atom stereocenters. The average molecular weight is 474 g/mol. The Balaban J connectivity index is 1.92. The monoisotopic (exact) mass is 474 g/mol. The Morgan fingerprint density at radius 2 is 1.94 bits per heavy atom. The first kappa shape index (κ1) is 23.9. The van der Waals surface area contributed by atoms with Gasteiger partial charge in [-0.25, -0.2) is 15.4 Å². The molecule has 0 amide bonds. The van der Waals surface area contributed by atoms with E-state index in [0.717, 1.165) is 0 Å². The van der Waals surface area contributed by atoms with Gasteiger partial charge in [0.05, 0.1) is 23.9 Å². The fourth-order valence-corrected chi connectivity index (χ4v) is 2.71. The Hall–Kier alpha value is -3.71. The predicted octanol–water partition coefficient (Wildman–Crippen LogP) is 4.88. The average Bonchev–Trinajstić information content (AvgIpc) is 3.39. The van der Waals surface area contributed by atoms with E-state index < -0.39 is 41.9 Å². The topological polar surface area (TPSA) is 98.2 Å². The zero-order chi connectivity index (χ0) is 24.4. The van der Waals surface area contributed by atoms with Crippen molar-refractivity contribution < 1.29 is 35.6 Å². The van der Waals surface area contributed by atoms with Gasteiger partial charge in [-0.1, -0.05) is 0 Å². The molecule has 3 heterocycles. The molecule has 0 bridgehead atoms. The van der Waals surface area contributed by atoms with Crippen LogP contribution in [0.1, 0.15) is 35.1 Å². The quantitative estimate of drug-likeness (QED) is 0.227. The first-order valence-electron chi connectivity index (χ1n) is 9.35. The molecular weight excluding hydrogens is 458 g/mol. The first-order chi connectivity index (χ1) is 15.4.